The van der Waals surface area contributed by atoms with Gasteiger partial charge in [0.15, 0.2) is 5.76 Å². The Hall–Kier alpha value is -2.05. The molecule has 142 valence electrons. The van der Waals surface area contributed by atoms with Crippen LogP contribution in [0.25, 0.3) is 11.0 Å². The van der Waals surface area contributed by atoms with Crippen molar-refractivity contribution in [2.24, 2.45) is 0 Å². The Labute approximate surface area is 166 Å². The first kappa shape index (κ1) is 18.3. The standard InChI is InChI=1S/C21H23BrN2O3/c1-13-5-8-18(26-13)17(24-9-3-4-10-24)12-23-21(25)20-14(2)16-7-6-15(22)11-19(16)27-20/h5-8,11,17H,3-4,9-10,12H2,1-2H3,(H,23,25). The van der Waals surface area contributed by atoms with E-state index in [-0.39, 0.29) is 11.9 Å². The summed E-state index contributed by atoms with van der Waals surface area (Å²) in [5.41, 5.74) is 1.58. The Morgan fingerprint density at radius 3 is 2.67 bits per heavy atom. The third-order valence-electron chi connectivity index (χ3n) is 5.23. The molecule has 2 aromatic heterocycles. The summed E-state index contributed by atoms with van der Waals surface area (Å²) < 4.78 is 12.6. The molecule has 0 bridgehead atoms. The van der Waals surface area contributed by atoms with Crippen molar-refractivity contribution >= 4 is 32.8 Å². The van der Waals surface area contributed by atoms with Gasteiger partial charge in [-0.1, -0.05) is 15.9 Å². The molecule has 1 N–H and O–H groups in total. The topological polar surface area (TPSA) is 58.6 Å². The third kappa shape index (κ3) is 3.69. The molecular formula is C21H23BrN2O3. The van der Waals surface area contributed by atoms with Gasteiger partial charge in [0.25, 0.3) is 5.91 Å². The van der Waals surface area contributed by atoms with Crippen molar-refractivity contribution in [1.29, 1.82) is 0 Å². The number of aryl methyl sites for hydroxylation is 2. The average Bonchev–Trinajstić information content (AvgIpc) is 3.37. The maximum atomic E-state index is 12.8. The summed E-state index contributed by atoms with van der Waals surface area (Å²) in [4.78, 5) is 15.2. The van der Waals surface area contributed by atoms with Gasteiger partial charge >= 0.3 is 0 Å². The van der Waals surface area contributed by atoms with Crippen LogP contribution in [0.4, 0.5) is 0 Å². The van der Waals surface area contributed by atoms with Gasteiger partial charge in [0.1, 0.15) is 17.1 Å². The highest BCUT2D eigenvalue weighted by atomic mass is 79.9. The van der Waals surface area contributed by atoms with E-state index in [0.717, 1.165) is 40.0 Å². The quantitative estimate of drug-likeness (QED) is 0.620. The number of rotatable bonds is 5. The number of nitrogens with zero attached hydrogens (tertiary/aromatic N) is 1. The van der Waals surface area contributed by atoms with E-state index in [2.05, 4.69) is 26.1 Å². The van der Waals surface area contributed by atoms with Gasteiger partial charge in [0.05, 0.1) is 6.04 Å². The molecule has 1 aliphatic heterocycles. The molecule has 4 rings (SSSR count). The lowest BCUT2D eigenvalue weighted by Crippen LogP contribution is -2.36. The fourth-order valence-electron chi connectivity index (χ4n) is 3.78. The number of halogens is 1. The number of benzene rings is 1. The largest absolute Gasteiger partial charge is 0.465 e. The number of hydrogen-bond donors (Lipinski definition) is 1. The van der Waals surface area contributed by atoms with Crippen LogP contribution in [0.5, 0.6) is 0 Å². The maximum absolute atomic E-state index is 12.8. The van der Waals surface area contributed by atoms with Crippen LogP contribution >= 0.6 is 15.9 Å². The van der Waals surface area contributed by atoms with E-state index >= 15 is 0 Å². The van der Waals surface area contributed by atoms with Crippen LogP contribution in [0.2, 0.25) is 0 Å². The van der Waals surface area contributed by atoms with E-state index in [9.17, 15) is 4.79 Å². The van der Waals surface area contributed by atoms with Gasteiger partial charge in [-0.25, -0.2) is 0 Å². The van der Waals surface area contributed by atoms with Crippen molar-refractivity contribution < 1.29 is 13.6 Å². The molecule has 1 aromatic carbocycles. The summed E-state index contributed by atoms with van der Waals surface area (Å²) in [6.07, 6.45) is 2.36. The Balaban J connectivity index is 1.53. The first-order chi connectivity index (χ1) is 13.0. The highest BCUT2D eigenvalue weighted by Gasteiger charge is 2.27. The summed E-state index contributed by atoms with van der Waals surface area (Å²) in [5.74, 6) is 1.98. The van der Waals surface area contributed by atoms with E-state index in [1.54, 1.807) is 0 Å². The molecule has 27 heavy (non-hydrogen) atoms. The lowest BCUT2D eigenvalue weighted by Gasteiger charge is -2.25. The van der Waals surface area contributed by atoms with Crippen molar-refractivity contribution in [3.8, 4) is 0 Å². The fraction of sp³-hybridized carbons (Fsp3) is 0.381. The zero-order chi connectivity index (χ0) is 19.0. The molecule has 3 heterocycles. The van der Waals surface area contributed by atoms with Gasteiger partial charge in [0, 0.05) is 22.0 Å². The molecule has 3 aromatic rings. The number of fused-ring (bicyclic) bond motifs is 1. The molecule has 1 unspecified atom stereocenters. The summed E-state index contributed by atoms with van der Waals surface area (Å²) in [7, 11) is 0. The van der Waals surface area contributed by atoms with Crippen LogP contribution < -0.4 is 5.32 Å². The fourth-order valence-corrected chi connectivity index (χ4v) is 4.12. The minimum absolute atomic E-state index is 0.0454. The van der Waals surface area contributed by atoms with Gasteiger partial charge in [-0.3, -0.25) is 9.69 Å². The summed E-state index contributed by atoms with van der Waals surface area (Å²) in [6, 6.07) is 9.83. The molecule has 0 spiro atoms. The first-order valence-corrected chi connectivity index (χ1v) is 10.1. The molecule has 0 radical (unpaired) electrons. The van der Waals surface area contributed by atoms with E-state index in [1.807, 2.05) is 44.2 Å². The second-order valence-electron chi connectivity index (χ2n) is 7.11. The van der Waals surface area contributed by atoms with E-state index in [0.29, 0.717) is 17.9 Å². The van der Waals surface area contributed by atoms with Gasteiger partial charge in [-0.15, -0.1) is 0 Å². The molecule has 1 fully saturated rings. The lowest BCUT2D eigenvalue weighted by molar-refractivity contribution is 0.0907. The molecule has 1 amide bonds. The number of carbonyl (C=O) groups is 1. The van der Waals surface area contributed by atoms with Crippen LogP contribution in [-0.2, 0) is 0 Å². The van der Waals surface area contributed by atoms with Gasteiger partial charge in [-0.05, 0) is 70.1 Å². The monoisotopic (exact) mass is 430 g/mol. The lowest BCUT2D eigenvalue weighted by atomic mass is 10.1. The van der Waals surface area contributed by atoms with Gasteiger partial charge in [0.2, 0.25) is 0 Å². The zero-order valence-electron chi connectivity index (χ0n) is 15.5. The average molecular weight is 431 g/mol. The predicted molar refractivity (Wildman–Crippen MR) is 108 cm³/mol. The maximum Gasteiger partial charge on any atom is 0.287 e. The van der Waals surface area contributed by atoms with Crippen LogP contribution in [0.1, 0.15) is 46.5 Å². The molecule has 0 saturated carbocycles. The smallest absolute Gasteiger partial charge is 0.287 e. The Morgan fingerprint density at radius 1 is 1.19 bits per heavy atom. The van der Waals surface area contributed by atoms with Gasteiger partial charge < -0.3 is 14.2 Å². The van der Waals surface area contributed by atoms with Crippen molar-refractivity contribution in [2.45, 2.75) is 32.7 Å². The van der Waals surface area contributed by atoms with Crippen LogP contribution in [0, 0.1) is 13.8 Å². The SMILES string of the molecule is Cc1ccc(C(CNC(=O)c2oc3cc(Br)ccc3c2C)N2CCCC2)o1. The normalized spacial score (nSPS) is 16.1. The second kappa shape index (κ2) is 7.52. The second-order valence-corrected chi connectivity index (χ2v) is 8.03. The van der Waals surface area contributed by atoms with Crippen molar-refractivity contribution in [3.05, 3.63) is 57.6 Å². The van der Waals surface area contributed by atoms with Crippen LogP contribution in [0.15, 0.2) is 43.6 Å². The predicted octanol–water partition coefficient (Wildman–Crippen LogP) is 4.97. The number of amides is 1. The molecule has 5 nitrogen and oxygen atoms in total. The summed E-state index contributed by atoms with van der Waals surface area (Å²) in [6.45, 7) is 6.41. The number of furan rings is 2. The number of nitrogens with one attached hydrogen (secondary N) is 1. The minimum atomic E-state index is -0.188. The molecule has 6 heteroatoms. The highest BCUT2D eigenvalue weighted by molar-refractivity contribution is 9.10. The summed E-state index contributed by atoms with van der Waals surface area (Å²) >= 11 is 3.44. The van der Waals surface area contributed by atoms with Crippen molar-refractivity contribution in [1.82, 2.24) is 10.2 Å². The molecule has 1 aliphatic rings. The van der Waals surface area contributed by atoms with Crippen LogP contribution in [0.3, 0.4) is 0 Å². The molecule has 1 saturated heterocycles. The third-order valence-corrected chi connectivity index (χ3v) is 5.73. The summed E-state index contributed by atoms with van der Waals surface area (Å²) in [5, 5.41) is 4.01. The highest BCUT2D eigenvalue weighted by Crippen LogP contribution is 2.29. The van der Waals surface area contributed by atoms with Crippen LogP contribution in [-0.4, -0.2) is 30.4 Å². The van der Waals surface area contributed by atoms with Crippen molar-refractivity contribution in [3.63, 3.8) is 0 Å². The number of carbonyl (C=O) groups excluding carboxylic acids is 1. The molecular weight excluding hydrogens is 408 g/mol. The molecule has 0 aliphatic carbocycles. The number of hydrogen-bond acceptors (Lipinski definition) is 4. The molecule has 1 atom stereocenters. The minimum Gasteiger partial charge on any atom is -0.465 e. The Kier molecular flexibility index (Phi) is 5.10. The zero-order valence-corrected chi connectivity index (χ0v) is 17.1. The van der Waals surface area contributed by atoms with Crippen molar-refractivity contribution in [2.75, 3.05) is 19.6 Å². The van der Waals surface area contributed by atoms with E-state index in [1.165, 1.54) is 12.8 Å². The number of likely N-dealkylation sites (tertiary alicyclic amines) is 1. The van der Waals surface area contributed by atoms with Gasteiger partial charge in [-0.2, -0.15) is 0 Å². The van der Waals surface area contributed by atoms with E-state index in [4.69, 9.17) is 8.83 Å². The van der Waals surface area contributed by atoms with E-state index < -0.39 is 0 Å². The Bertz CT molecular complexity index is 969. The Morgan fingerprint density at radius 2 is 1.96 bits per heavy atom. The first-order valence-electron chi connectivity index (χ1n) is 9.30.